The summed E-state index contributed by atoms with van der Waals surface area (Å²) in [6.07, 6.45) is 3.98. The molecule has 0 aliphatic heterocycles. The summed E-state index contributed by atoms with van der Waals surface area (Å²) in [6.45, 7) is 9.06. The lowest BCUT2D eigenvalue weighted by molar-refractivity contribution is -0.123. The van der Waals surface area contributed by atoms with Gasteiger partial charge in [0.05, 0.1) is 6.04 Å². The van der Waals surface area contributed by atoms with E-state index in [-0.39, 0.29) is 11.9 Å². The summed E-state index contributed by atoms with van der Waals surface area (Å²) < 4.78 is 0. The minimum absolute atomic E-state index is 0.0900. The Bertz CT molecular complexity index is 321. The molecule has 0 spiro atoms. The second-order valence-corrected chi connectivity index (χ2v) is 6.85. The van der Waals surface area contributed by atoms with Gasteiger partial charge in [0.25, 0.3) is 0 Å². The Morgan fingerprint density at radius 3 is 2.47 bits per heavy atom. The molecule has 2 aliphatic rings. The van der Waals surface area contributed by atoms with Gasteiger partial charge in [0.2, 0.25) is 5.91 Å². The van der Waals surface area contributed by atoms with Crippen LogP contribution in [0, 0.1) is 16.7 Å². The van der Waals surface area contributed by atoms with Gasteiger partial charge in [-0.3, -0.25) is 4.79 Å². The number of hydrogen-bond acceptors (Lipinski definition) is 2. The molecule has 0 aromatic carbocycles. The molecule has 2 saturated carbocycles. The van der Waals surface area contributed by atoms with E-state index in [0.29, 0.717) is 16.9 Å². The topological polar surface area (TPSA) is 41.1 Å². The van der Waals surface area contributed by atoms with Crippen molar-refractivity contribution in [1.82, 2.24) is 10.6 Å². The fourth-order valence-electron chi connectivity index (χ4n) is 4.26. The summed E-state index contributed by atoms with van der Waals surface area (Å²) in [6, 6.07) is 0.362. The molecule has 4 atom stereocenters. The lowest BCUT2D eigenvalue weighted by Crippen LogP contribution is -2.56. The molecule has 0 heterocycles. The van der Waals surface area contributed by atoms with Crippen LogP contribution in [0.4, 0.5) is 0 Å². The highest BCUT2D eigenvalue weighted by Gasteiger charge is 2.59. The largest absolute Gasteiger partial charge is 0.358 e. The molecule has 3 nitrogen and oxygen atoms in total. The fraction of sp³-hybridized carbons (Fsp3) is 0.929. The Balaban J connectivity index is 2.12. The molecule has 3 heteroatoms. The maximum absolute atomic E-state index is 11.6. The van der Waals surface area contributed by atoms with Gasteiger partial charge in [0.1, 0.15) is 0 Å². The molecule has 0 radical (unpaired) electrons. The Hall–Kier alpha value is -0.570. The number of rotatable bonds is 3. The molecule has 1 amide bonds. The Morgan fingerprint density at radius 1 is 1.35 bits per heavy atom. The lowest BCUT2D eigenvalue weighted by atomic mass is 9.68. The van der Waals surface area contributed by atoms with Gasteiger partial charge in [-0.2, -0.15) is 0 Å². The Morgan fingerprint density at radius 2 is 2.00 bits per heavy atom. The third-order valence-electron chi connectivity index (χ3n) is 5.33. The minimum atomic E-state index is -0.0968. The van der Waals surface area contributed by atoms with Gasteiger partial charge in [0, 0.05) is 13.1 Å². The van der Waals surface area contributed by atoms with E-state index in [0.717, 1.165) is 5.92 Å². The first-order valence-electron chi connectivity index (χ1n) is 6.79. The molecule has 17 heavy (non-hydrogen) atoms. The average Bonchev–Trinajstić information content (AvgIpc) is 2.74. The first-order chi connectivity index (χ1) is 7.81. The van der Waals surface area contributed by atoms with Crippen molar-refractivity contribution in [3.63, 3.8) is 0 Å². The zero-order valence-electron chi connectivity index (χ0n) is 11.8. The van der Waals surface area contributed by atoms with Crippen LogP contribution in [0.3, 0.4) is 0 Å². The number of fused-ring (bicyclic) bond motifs is 2. The highest BCUT2D eigenvalue weighted by atomic mass is 16.2. The van der Waals surface area contributed by atoms with Crippen LogP contribution < -0.4 is 10.6 Å². The van der Waals surface area contributed by atoms with Crippen molar-refractivity contribution in [3.8, 4) is 0 Å². The highest BCUT2D eigenvalue weighted by molar-refractivity contribution is 5.81. The third-order valence-corrected chi connectivity index (χ3v) is 5.33. The Labute approximate surface area is 105 Å². The molecule has 2 rings (SSSR count). The zero-order valence-corrected chi connectivity index (χ0v) is 11.8. The van der Waals surface area contributed by atoms with Crippen molar-refractivity contribution in [2.45, 2.75) is 59.0 Å². The van der Waals surface area contributed by atoms with Gasteiger partial charge >= 0.3 is 0 Å². The summed E-state index contributed by atoms with van der Waals surface area (Å²) in [5.41, 5.74) is 0.700. The van der Waals surface area contributed by atoms with Gasteiger partial charge in [-0.05, 0) is 42.9 Å². The molecule has 0 aromatic heterocycles. The minimum Gasteiger partial charge on any atom is -0.358 e. The van der Waals surface area contributed by atoms with Crippen molar-refractivity contribution in [1.29, 1.82) is 0 Å². The van der Waals surface area contributed by atoms with Crippen LogP contribution in [-0.2, 0) is 4.79 Å². The van der Waals surface area contributed by atoms with Crippen molar-refractivity contribution >= 4 is 5.91 Å². The highest BCUT2D eigenvalue weighted by Crippen LogP contribution is 2.62. The molecule has 2 aliphatic carbocycles. The maximum atomic E-state index is 11.6. The zero-order chi connectivity index (χ0) is 12.8. The number of hydrogen-bond donors (Lipinski definition) is 2. The van der Waals surface area contributed by atoms with Crippen molar-refractivity contribution < 1.29 is 4.79 Å². The smallest absolute Gasteiger partial charge is 0.236 e. The van der Waals surface area contributed by atoms with E-state index in [2.05, 4.69) is 31.4 Å². The number of likely N-dealkylation sites (N-methyl/N-ethyl adjacent to an activating group) is 1. The number of carbonyl (C=O) groups is 1. The van der Waals surface area contributed by atoms with Gasteiger partial charge in [0.15, 0.2) is 0 Å². The molecule has 2 bridgehead atoms. The number of carbonyl (C=O) groups excluding carboxylic acids is 1. The summed E-state index contributed by atoms with van der Waals surface area (Å²) in [7, 11) is 1.70. The first kappa shape index (κ1) is 12.9. The monoisotopic (exact) mass is 238 g/mol. The van der Waals surface area contributed by atoms with E-state index in [1.807, 2.05) is 6.92 Å². The first-order valence-corrected chi connectivity index (χ1v) is 6.79. The van der Waals surface area contributed by atoms with Crippen LogP contribution >= 0.6 is 0 Å². The molecule has 0 aromatic rings. The SMILES string of the molecule is CNC(=O)C(C)NC1C2(C)CCC(C2)C1(C)C. The summed E-state index contributed by atoms with van der Waals surface area (Å²) in [4.78, 5) is 11.6. The maximum Gasteiger partial charge on any atom is 0.236 e. The lowest BCUT2D eigenvalue weighted by Gasteiger charge is -2.44. The van der Waals surface area contributed by atoms with Crippen LogP contribution in [0.2, 0.25) is 0 Å². The predicted octanol–water partition coefficient (Wildman–Crippen LogP) is 1.93. The fourth-order valence-corrected chi connectivity index (χ4v) is 4.26. The number of nitrogens with one attached hydrogen (secondary N) is 2. The molecular weight excluding hydrogens is 212 g/mol. The van der Waals surface area contributed by atoms with Crippen LogP contribution in [0.25, 0.3) is 0 Å². The van der Waals surface area contributed by atoms with Crippen LogP contribution in [-0.4, -0.2) is 25.0 Å². The standard InChI is InChI=1S/C14H26N2O/c1-9(11(17)15-5)16-12-13(2,3)10-6-7-14(12,4)8-10/h9-10,12,16H,6-8H2,1-5H3,(H,15,17). The molecule has 98 valence electrons. The predicted molar refractivity (Wildman–Crippen MR) is 69.7 cm³/mol. The van der Waals surface area contributed by atoms with Crippen LogP contribution in [0.15, 0.2) is 0 Å². The van der Waals surface area contributed by atoms with Gasteiger partial charge in [-0.15, -0.1) is 0 Å². The summed E-state index contributed by atoms with van der Waals surface area (Å²) in [5.74, 6) is 0.911. The van der Waals surface area contributed by atoms with E-state index in [9.17, 15) is 4.79 Å². The summed E-state index contributed by atoms with van der Waals surface area (Å²) >= 11 is 0. The van der Waals surface area contributed by atoms with E-state index in [1.54, 1.807) is 7.05 Å². The van der Waals surface area contributed by atoms with E-state index in [4.69, 9.17) is 0 Å². The van der Waals surface area contributed by atoms with Crippen molar-refractivity contribution in [2.75, 3.05) is 7.05 Å². The van der Waals surface area contributed by atoms with Crippen LogP contribution in [0.1, 0.15) is 47.0 Å². The van der Waals surface area contributed by atoms with Crippen LogP contribution in [0.5, 0.6) is 0 Å². The van der Waals surface area contributed by atoms with E-state index >= 15 is 0 Å². The van der Waals surface area contributed by atoms with E-state index < -0.39 is 0 Å². The summed E-state index contributed by atoms with van der Waals surface area (Å²) in [5, 5.41) is 6.30. The number of amides is 1. The second-order valence-electron chi connectivity index (χ2n) is 6.85. The average molecular weight is 238 g/mol. The normalized spacial score (nSPS) is 40.3. The van der Waals surface area contributed by atoms with Crippen molar-refractivity contribution in [2.24, 2.45) is 16.7 Å². The third kappa shape index (κ3) is 1.88. The van der Waals surface area contributed by atoms with Crippen molar-refractivity contribution in [3.05, 3.63) is 0 Å². The van der Waals surface area contributed by atoms with Gasteiger partial charge in [-0.1, -0.05) is 20.8 Å². The van der Waals surface area contributed by atoms with Gasteiger partial charge < -0.3 is 10.6 Å². The van der Waals surface area contributed by atoms with Gasteiger partial charge in [-0.25, -0.2) is 0 Å². The second kappa shape index (κ2) is 3.98. The molecule has 0 saturated heterocycles. The molecule has 4 unspecified atom stereocenters. The Kier molecular flexibility index (Phi) is 3.01. The molecular formula is C14H26N2O. The van der Waals surface area contributed by atoms with E-state index in [1.165, 1.54) is 19.3 Å². The molecule has 2 fully saturated rings. The molecule has 2 N–H and O–H groups in total. The quantitative estimate of drug-likeness (QED) is 0.789.